The molecule has 1 atom stereocenters. The van der Waals surface area contributed by atoms with Gasteiger partial charge in [0, 0.05) is 12.6 Å². The van der Waals surface area contributed by atoms with Crippen LogP contribution in [0.4, 0.5) is 0 Å². The molecular weight excluding hydrogens is 240 g/mol. The van der Waals surface area contributed by atoms with Crippen LogP contribution in [-0.2, 0) is 6.54 Å². The van der Waals surface area contributed by atoms with E-state index in [1.807, 2.05) is 0 Å². The Balaban J connectivity index is 2.30. The van der Waals surface area contributed by atoms with Crippen molar-refractivity contribution in [2.24, 2.45) is 0 Å². The number of unbranched alkanes of at least 4 members (excludes halogenated alkanes) is 1. The molecule has 16 heavy (non-hydrogen) atoms. The van der Waals surface area contributed by atoms with Crippen molar-refractivity contribution in [3.63, 3.8) is 0 Å². The molecule has 0 aliphatic carbocycles. The first-order valence-electron chi connectivity index (χ1n) is 6.09. The molecule has 1 aromatic heterocycles. The van der Waals surface area contributed by atoms with Gasteiger partial charge in [0.1, 0.15) is 9.34 Å². The van der Waals surface area contributed by atoms with E-state index in [9.17, 15) is 0 Å². The molecule has 0 aliphatic heterocycles. The van der Waals surface area contributed by atoms with E-state index in [1.165, 1.54) is 32.1 Å². The number of halogens is 1. The lowest BCUT2D eigenvalue weighted by molar-refractivity contribution is 0.433. The third kappa shape index (κ3) is 5.28. The van der Waals surface area contributed by atoms with Gasteiger partial charge in [-0.2, -0.15) is 0 Å². The molecule has 4 heteroatoms. The molecule has 1 aromatic rings. The molecule has 0 aromatic carbocycles. The van der Waals surface area contributed by atoms with E-state index in [1.54, 1.807) is 17.5 Å². The molecule has 0 saturated heterocycles. The zero-order valence-electron chi connectivity index (χ0n) is 10.1. The van der Waals surface area contributed by atoms with Gasteiger partial charge in [0.25, 0.3) is 0 Å². The second-order valence-electron chi connectivity index (χ2n) is 4.07. The maximum Gasteiger partial charge on any atom is 0.113 e. The molecule has 0 saturated carbocycles. The highest BCUT2D eigenvalue weighted by Gasteiger charge is 2.07. The van der Waals surface area contributed by atoms with Gasteiger partial charge in [-0.3, -0.25) is 0 Å². The van der Waals surface area contributed by atoms with Crippen LogP contribution in [-0.4, -0.2) is 11.0 Å². The van der Waals surface area contributed by atoms with E-state index in [-0.39, 0.29) is 0 Å². The highest BCUT2D eigenvalue weighted by molar-refractivity contribution is 7.15. The summed E-state index contributed by atoms with van der Waals surface area (Å²) in [7, 11) is 0. The van der Waals surface area contributed by atoms with Crippen LogP contribution < -0.4 is 5.32 Å². The van der Waals surface area contributed by atoms with Gasteiger partial charge in [0.05, 0.1) is 6.20 Å². The van der Waals surface area contributed by atoms with Crippen LogP contribution in [0.3, 0.4) is 0 Å². The molecule has 1 heterocycles. The summed E-state index contributed by atoms with van der Waals surface area (Å²) in [4.78, 5) is 4.25. The average molecular weight is 261 g/mol. The van der Waals surface area contributed by atoms with Crippen molar-refractivity contribution in [2.75, 3.05) is 0 Å². The van der Waals surface area contributed by atoms with Gasteiger partial charge in [-0.25, -0.2) is 4.98 Å². The van der Waals surface area contributed by atoms with Crippen LogP contribution in [0, 0.1) is 0 Å². The third-order valence-corrected chi connectivity index (χ3v) is 3.73. The first-order valence-corrected chi connectivity index (χ1v) is 7.29. The monoisotopic (exact) mass is 260 g/mol. The summed E-state index contributed by atoms with van der Waals surface area (Å²) in [5.41, 5.74) is 0. The predicted octanol–water partition coefficient (Wildman–Crippen LogP) is 4.25. The third-order valence-electron chi connectivity index (χ3n) is 2.61. The summed E-state index contributed by atoms with van der Waals surface area (Å²) in [6, 6.07) is 0.632. The molecule has 0 fully saturated rings. The van der Waals surface area contributed by atoms with E-state index in [0.717, 1.165) is 15.9 Å². The fourth-order valence-electron chi connectivity index (χ4n) is 1.75. The molecule has 0 spiro atoms. The van der Waals surface area contributed by atoms with Crippen LogP contribution in [0.5, 0.6) is 0 Å². The smallest absolute Gasteiger partial charge is 0.113 e. The Labute approximate surface area is 107 Å². The van der Waals surface area contributed by atoms with E-state index in [0.29, 0.717) is 6.04 Å². The van der Waals surface area contributed by atoms with Crippen molar-refractivity contribution in [1.29, 1.82) is 0 Å². The quantitative estimate of drug-likeness (QED) is 0.756. The Morgan fingerprint density at radius 3 is 2.75 bits per heavy atom. The molecule has 1 rings (SSSR count). The van der Waals surface area contributed by atoms with Crippen molar-refractivity contribution in [3.8, 4) is 0 Å². The lowest BCUT2D eigenvalue weighted by Crippen LogP contribution is -2.28. The lowest BCUT2D eigenvalue weighted by atomic mass is 10.1. The number of nitrogens with zero attached hydrogens (tertiary/aromatic N) is 1. The fraction of sp³-hybridized carbons (Fsp3) is 0.750. The standard InChI is InChI=1S/C12H21ClN2S/c1-3-5-7-10(6-4-2)14-9-12-15-8-11(13)16-12/h8,10,14H,3-7,9H2,1-2H3. The minimum Gasteiger partial charge on any atom is -0.308 e. The number of nitrogens with one attached hydrogen (secondary N) is 1. The maximum atomic E-state index is 5.85. The first-order chi connectivity index (χ1) is 7.76. The molecular formula is C12H21ClN2S. The highest BCUT2D eigenvalue weighted by Crippen LogP contribution is 2.18. The molecule has 92 valence electrons. The van der Waals surface area contributed by atoms with Crippen molar-refractivity contribution in [3.05, 3.63) is 15.5 Å². The number of hydrogen-bond acceptors (Lipinski definition) is 3. The number of thiazole rings is 1. The van der Waals surface area contributed by atoms with Crippen LogP contribution in [0.1, 0.15) is 51.0 Å². The van der Waals surface area contributed by atoms with Gasteiger partial charge in [0.2, 0.25) is 0 Å². The van der Waals surface area contributed by atoms with E-state index in [4.69, 9.17) is 11.6 Å². The predicted molar refractivity (Wildman–Crippen MR) is 72.2 cm³/mol. The van der Waals surface area contributed by atoms with Crippen LogP contribution in [0.2, 0.25) is 4.34 Å². The normalized spacial score (nSPS) is 12.9. The molecule has 0 aliphatic rings. The van der Waals surface area contributed by atoms with Gasteiger partial charge < -0.3 is 5.32 Å². The highest BCUT2D eigenvalue weighted by atomic mass is 35.5. The molecule has 0 bridgehead atoms. The summed E-state index contributed by atoms with van der Waals surface area (Å²) < 4.78 is 0.775. The summed E-state index contributed by atoms with van der Waals surface area (Å²) in [6.07, 6.45) is 8.05. The van der Waals surface area contributed by atoms with Crippen molar-refractivity contribution < 1.29 is 0 Å². The molecule has 0 amide bonds. The SMILES string of the molecule is CCCCC(CCC)NCc1ncc(Cl)s1. The van der Waals surface area contributed by atoms with Crippen LogP contribution in [0.15, 0.2) is 6.20 Å². The average Bonchev–Trinajstić information content (AvgIpc) is 2.68. The van der Waals surface area contributed by atoms with Crippen LogP contribution >= 0.6 is 22.9 Å². The Bertz CT molecular complexity index is 288. The van der Waals surface area contributed by atoms with Crippen molar-refractivity contribution in [2.45, 2.75) is 58.5 Å². The minimum absolute atomic E-state index is 0.632. The van der Waals surface area contributed by atoms with E-state index >= 15 is 0 Å². The molecule has 2 nitrogen and oxygen atoms in total. The number of rotatable bonds is 8. The second-order valence-corrected chi connectivity index (χ2v) is 5.81. The molecule has 1 unspecified atom stereocenters. The first kappa shape index (κ1) is 13.9. The Hall–Kier alpha value is -0.120. The number of hydrogen-bond donors (Lipinski definition) is 1. The van der Waals surface area contributed by atoms with E-state index < -0.39 is 0 Å². The lowest BCUT2D eigenvalue weighted by Gasteiger charge is -2.16. The summed E-state index contributed by atoms with van der Waals surface area (Å²) in [5, 5.41) is 4.66. The van der Waals surface area contributed by atoms with Gasteiger partial charge in [-0.05, 0) is 12.8 Å². The summed E-state index contributed by atoms with van der Waals surface area (Å²) in [6.45, 7) is 5.33. The second kappa shape index (κ2) is 8.04. The van der Waals surface area contributed by atoms with Crippen LogP contribution in [0.25, 0.3) is 0 Å². The fourth-order valence-corrected chi connectivity index (χ4v) is 2.66. The Kier molecular flexibility index (Phi) is 7.01. The van der Waals surface area contributed by atoms with Gasteiger partial charge in [0.15, 0.2) is 0 Å². The van der Waals surface area contributed by atoms with Crippen molar-refractivity contribution >= 4 is 22.9 Å². The molecule has 1 N–H and O–H groups in total. The Morgan fingerprint density at radius 1 is 1.38 bits per heavy atom. The zero-order chi connectivity index (χ0) is 11.8. The van der Waals surface area contributed by atoms with Crippen molar-refractivity contribution in [1.82, 2.24) is 10.3 Å². The van der Waals surface area contributed by atoms with Gasteiger partial charge >= 0.3 is 0 Å². The van der Waals surface area contributed by atoms with E-state index in [2.05, 4.69) is 24.1 Å². The van der Waals surface area contributed by atoms with Gasteiger partial charge in [-0.15, -0.1) is 11.3 Å². The largest absolute Gasteiger partial charge is 0.308 e. The zero-order valence-corrected chi connectivity index (χ0v) is 11.7. The van der Waals surface area contributed by atoms with Gasteiger partial charge in [-0.1, -0.05) is 44.7 Å². The topological polar surface area (TPSA) is 24.9 Å². The minimum atomic E-state index is 0.632. The number of aromatic nitrogens is 1. The molecule has 0 radical (unpaired) electrons. The maximum absolute atomic E-state index is 5.85. The Morgan fingerprint density at radius 2 is 2.19 bits per heavy atom. The summed E-state index contributed by atoms with van der Waals surface area (Å²) in [5.74, 6) is 0. The summed E-state index contributed by atoms with van der Waals surface area (Å²) >= 11 is 7.41.